The summed E-state index contributed by atoms with van der Waals surface area (Å²) in [6.07, 6.45) is 5.86. The smallest absolute Gasteiger partial charge is 0.227 e. The van der Waals surface area contributed by atoms with E-state index in [1.165, 1.54) is 12.8 Å². The molecule has 24 heavy (non-hydrogen) atoms. The van der Waals surface area contributed by atoms with E-state index in [2.05, 4.69) is 18.7 Å². The van der Waals surface area contributed by atoms with Crippen LogP contribution in [0.4, 0.5) is 0 Å². The van der Waals surface area contributed by atoms with E-state index in [1.54, 1.807) is 0 Å². The minimum atomic E-state index is 0.169. The third kappa shape index (κ3) is 3.80. The molecule has 1 saturated carbocycles. The third-order valence-corrected chi connectivity index (χ3v) is 5.06. The van der Waals surface area contributed by atoms with Gasteiger partial charge in [-0.1, -0.05) is 24.4 Å². The van der Waals surface area contributed by atoms with E-state index in [0.717, 1.165) is 24.8 Å². The van der Waals surface area contributed by atoms with Crippen molar-refractivity contribution < 1.29 is 14.3 Å². The predicted molar refractivity (Wildman–Crippen MR) is 95.0 cm³/mol. The van der Waals surface area contributed by atoms with Gasteiger partial charge in [0, 0.05) is 18.5 Å². The Morgan fingerprint density at radius 3 is 2.62 bits per heavy atom. The number of halogens is 1. The number of carbonyl (C=O) groups is 1. The molecule has 0 unspecified atom stereocenters. The Morgan fingerprint density at radius 2 is 1.92 bits per heavy atom. The maximum atomic E-state index is 12.9. The molecular formula is C19H26ClNO3. The van der Waals surface area contributed by atoms with Gasteiger partial charge in [0.15, 0.2) is 11.5 Å². The van der Waals surface area contributed by atoms with Gasteiger partial charge < -0.3 is 14.4 Å². The largest absolute Gasteiger partial charge is 0.489 e. The Bertz CT molecular complexity index is 597. The monoisotopic (exact) mass is 351 g/mol. The van der Waals surface area contributed by atoms with Crippen LogP contribution in [0.2, 0.25) is 5.02 Å². The number of carbonyl (C=O) groups excluding carboxylic acids is 1. The van der Waals surface area contributed by atoms with Crippen LogP contribution in [0.3, 0.4) is 0 Å². The summed E-state index contributed by atoms with van der Waals surface area (Å²) < 4.78 is 11.4. The molecular weight excluding hydrogens is 326 g/mol. The zero-order valence-electron chi connectivity index (χ0n) is 14.5. The van der Waals surface area contributed by atoms with Gasteiger partial charge in [-0.3, -0.25) is 4.79 Å². The van der Waals surface area contributed by atoms with Crippen molar-refractivity contribution >= 4 is 17.5 Å². The second kappa shape index (κ2) is 7.64. The number of amides is 1. The molecule has 0 N–H and O–H groups in total. The highest BCUT2D eigenvalue weighted by molar-refractivity contribution is 6.32. The van der Waals surface area contributed by atoms with E-state index in [4.69, 9.17) is 21.1 Å². The van der Waals surface area contributed by atoms with Crippen LogP contribution in [0, 0.1) is 0 Å². The lowest BCUT2D eigenvalue weighted by atomic mass is 10.1. The first-order valence-electron chi connectivity index (χ1n) is 8.95. The summed E-state index contributed by atoms with van der Waals surface area (Å²) in [5.41, 5.74) is 0.887. The summed E-state index contributed by atoms with van der Waals surface area (Å²) in [6, 6.07) is 4.34. The van der Waals surface area contributed by atoms with Gasteiger partial charge in [-0.25, -0.2) is 0 Å². The molecule has 1 aliphatic carbocycles. The number of fused-ring (bicyclic) bond motifs is 1. The van der Waals surface area contributed by atoms with Crippen LogP contribution in [0.5, 0.6) is 11.5 Å². The summed E-state index contributed by atoms with van der Waals surface area (Å²) in [4.78, 5) is 15.0. The summed E-state index contributed by atoms with van der Waals surface area (Å²) in [5, 5.41) is 0.522. The topological polar surface area (TPSA) is 38.8 Å². The van der Waals surface area contributed by atoms with Crippen molar-refractivity contribution in [2.75, 3.05) is 13.2 Å². The van der Waals surface area contributed by atoms with Gasteiger partial charge in [-0.15, -0.1) is 0 Å². The van der Waals surface area contributed by atoms with Crippen molar-refractivity contribution in [3.8, 4) is 11.5 Å². The number of benzene rings is 1. The molecule has 5 heteroatoms. The molecule has 0 atom stereocenters. The second-order valence-electron chi connectivity index (χ2n) is 6.97. The number of nitrogens with zero attached hydrogens (tertiary/aromatic N) is 1. The zero-order chi connectivity index (χ0) is 17.1. The number of hydrogen-bond donors (Lipinski definition) is 0. The molecule has 1 aromatic carbocycles. The first-order chi connectivity index (χ1) is 11.6. The minimum absolute atomic E-state index is 0.169. The quantitative estimate of drug-likeness (QED) is 0.815. The van der Waals surface area contributed by atoms with Gasteiger partial charge >= 0.3 is 0 Å². The summed E-state index contributed by atoms with van der Waals surface area (Å²) in [7, 11) is 0. The molecule has 132 valence electrons. The van der Waals surface area contributed by atoms with Crippen LogP contribution in [0.1, 0.15) is 51.5 Å². The summed E-state index contributed by atoms with van der Waals surface area (Å²) in [6.45, 7) is 5.41. The van der Waals surface area contributed by atoms with Crippen LogP contribution in [0.25, 0.3) is 0 Å². The zero-order valence-corrected chi connectivity index (χ0v) is 15.3. The van der Waals surface area contributed by atoms with E-state index < -0.39 is 0 Å². The Balaban J connectivity index is 1.78. The second-order valence-corrected chi connectivity index (χ2v) is 7.37. The van der Waals surface area contributed by atoms with Crippen molar-refractivity contribution in [3.63, 3.8) is 0 Å². The molecule has 1 heterocycles. The van der Waals surface area contributed by atoms with Crippen LogP contribution in [-0.2, 0) is 11.2 Å². The van der Waals surface area contributed by atoms with E-state index in [-0.39, 0.29) is 11.9 Å². The van der Waals surface area contributed by atoms with E-state index in [9.17, 15) is 4.79 Å². The van der Waals surface area contributed by atoms with Crippen LogP contribution < -0.4 is 9.47 Å². The molecule has 0 radical (unpaired) electrons. The predicted octanol–water partition coefficient (Wildman–Crippen LogP) is 4.22. The molecule has 0 aromatic heterocycles. The van der Waals surface area contributed by atoms with Crippen molar-refractivity contribution in [1.82, 2.24) is 4.90 Å². The fourth-order valence-electron chi connectivity index (χ4n) is 3.75. The maximum Gasteiger partial charge on any atom is 0.227 e. The Kier molecular flexibility index (Phi) is 5.54. The highest BCUT2D eigenvalue weighted by atomic mass is 35.5. The van der Waals surface area contributed by atoms with E-state index >= 15 is 0 Å². The van der Waals surface area contributed by atoms with Crippen molar-refractivity contribution in [3.05, 3.63) is 22.7 Å². The number of ether oxygens (including phenoxy) is 2. The number of rotatable bonds is 4. The van der Waals surface area contributed by atoms with Crippen LogP contribution >= 0.6 is 11.6 Å². The standard InChI is InChI=1S/C19H26ClNO3/c1-13(2)21(15-6-3-4-7-15)18(22)12-14-10-16(20)19-17(11-14)23-8-5-9-24-19/h10-11,13,15H,3-9,12H2,1-2H3. The van der Waals surface area contributed by atoms with Crippen molar-refractivity contribution in [2.45, 2.75) is 64.5 Å². The molecule has 1 fully saturated rings. The van der Waals surface area contributed by atoms with Crippen molar-refractivity contribution in [1.29, 1.82) is 0 Å². The van der Waals surface area contributed by atoms with Gasteiger partial charge in [-0.2, -0.15) is 0 Å². The van der Waals surface area contributed by atoms with E-state index in [0.29, 0.717) is 42.2 Å². The Labute approximate surface area is 149 Å². The maximum absolute atomic E-state index is 12.9. The molecule has 3 rings (SSSR count). The molecule has 1 aromatic rings. The third-order valence-electron chi connectivity index (χ3n) is 4.78. The molecule has 1 amide bonds. The summed E-state index contributed by atoms with van der Waals surface area (Å²) in [5.74, 6) is 1.42. The first kappa shape index (κ1) is 17.4. The highest BCUT2D eigenvalue weighted by Crippen LogP contribution is 2.38. The molecule has 0 saturated heterocycles. The lowest BCUT2D eigenvalue weighted by Crippen LogP contribution is -2.44. The SMILES string of the molecule is CC(C)N(C(=O)Cc1cc(Cl)c2c(c1)OCCCO2)C1CCCC1. The molecule has 0 bridgehead atoms. The fourth-order valence-corrected chi connectivity index (χ4v) is 4.04. The average molecular weight is 352 g/mol. The highest BCUT2D eigenvalue weighted by Gasteiger charge is 2.29. The Morgan fingerprint density at radius 1 is 1.21 bits per heavy atom. The average Bonchev–Trinajstić information content (AvgIpc) is 2.91. The number of hydrogen-bond acceptors (Lipinski definition) is 3. The molecule has 1 aliphatic heterocycles. The van der Waals surface area contributed by atoms with Crippen LogP contribution in [0.15, 0.2) is 12.1 Å². The molecule has 2 aliphatic rings. The first-order valence-corrected chi connectivity index (χ1v) is 9.33. The molecule has 4 nitrogen and oxygen atoms in total. The lowest BCUT2D eigenvalue weighted by Gasteiger charge is -2.33. The van der Waals surface area contributed by atoms with Gasteiger partial charge in [-0.05, 0) is 44.4 Å². The van der Waals surface area contributed by atoms with Gasteiger partial charge in [0.25, 0.3) is 0 Å². The normalized spacial score (nSPS) is 17.8. The summed E-state index contributed by atoms with van der Waals surface area (Å²) >= 11 is 6.34. The lowest BCUT2D eigenvalue weighted by molar-refractivity contribution is -0.134. The van der Waals surface area contributed by atoms with E-state index in [1.807, 2.05) is 12.1 Å². The minimum Gasteiger partial charge on any atom is -0.489 e. The Hall–Kier alpha value is -1.42. The van der Waals surface area contributed by atoms with Gasteiger partial charge in [0.2, 0.25) is 5.91 Å². The van der Waals surface area contributed by atoms with Crippen LogP contribution in [-0.4, -0.2) is 36.1 Å². The fraction of sp³-hybridized carbons (Fsp3) is 0.632. The van der Waals surface area contributed by atoms with Crippen molar-refractivity contribution in [2.24, 2.45) is 0 Å². The van der Waals surface area contributed by atoms with Gasteiger partial charge in [0.1, 0.15) is 0 Å². The van der Waals surface area contributed by atoms with Gasteiger partial charge in [0.05, 0.1) is 24.7 Å². The molecule has 0 spiro atoms.